The average Bonchev–Trinajstić information content (AvgIpc) is 3.30. The van der Waals surface area contributed by atoms with E-state index in [1.807, 2.05) is 24.3 Å². The molecule has 0 saturated carbocycles. The fourth-order valence-electron chi connectivity index (χ4n) is 3.83. The van der Waals surface area contributed by atoms with Gasteiger partial charge in [-0.1, -0.05) is 0 Å². The number of nitrogens with zero attached hydrogens (tertiary/aromatic N) is 4. The number of piperazine rings is 1. The maximum atomic E-state index is 13.6. The number of aromatic nitrogens is 2. The number of hydrogen-bond donors (Lipinski definition) is 0. The van der Waals surface area contributed by atoms with Gasteiger partial charge in [-0.2, -0.15) is 0 Å². The lowest BCUT2D eigenvalue weighted by atomic mass is 10.1. The molecule has 2 heterocycles. The van der Waals surface area contributed by atoms with E-state index in [0.29, 0.717) is 24.1 Å². The van der Waals surface area contributed by atoms with Crippen LogP contribution >= 0.6 is 0 Å². The summed E-state index contributed by atoms with van der Waals surface area (Å²) < 4.78 is 30.2. The molecule has 0 spiro atoms. The molecule has 3 aromatic rings. The van der Waals surface area contributed by atoms with Gasteiger partial charge >= 0.3 is 0 Å². The van der Waals surface area contributed by atoms with Gasteiger partial charge in [0.1, 0.15) is 17.3 Å². The Morgan fingerprint density at radius 2 is 1.74 bits per heavy atom. The largest absolute Gasteiger partial charge is 0.497 e. The number of hydrogen-bond acceptors (Lipinski definition) is 7. The standard InChI is InChI=1S/C23H27FN4O3/c1-16(22-25-26-23(31-22)17-4-7-20(29-2)8-5-17)28-12-10-27(11-13-28)15-18-14-19(24)6-9-21(18)30-3/h4-9,14,16H,10-13,15H2,1-3H3/t16-/m1/s1. The summed E-state index contributed by atoms with van der Waals surface area (Å²) in [6.45, 7) is 6.19. The molecule has 1 fully saturated rings. The van der Waals surface area contributed by atoms with Crippen LogP contribution in [0.1, 0.15) is 24.4 Å². The van der Waals surface area contributed by atoms with Gasteiger partial charge in [0.2, 0.25) is 11.8 Å². The summed E-state index contributed by atoms with van der Waals surface area (Å²) in [6.07, 6.45) is 0. The van der Waals surface area contributed by atoms with Gasteiger partial charge < -0.3 is 13.9 Å². The molecule has 2 aromatic carbocycles. The van der Waals surface area contributed by atoms with Crippen LogP contribution in [-0.4, -0.2) is 60.4 Å². The van der Waals surface area contributed by atoms with Crippen LogP contribution in [0.5, 0.6) is 11.5 Å². The van der Waals surface area contributed by atoms with Crippen LogP contribution in [0.3, 0.4) is 0 Å². The van der Waals surface area contributed by atoms with Crippen molar-refractivity contribution in [3.8, 4) is 23.0 Å². The van der Waals surface area contributed by atoms with Crippen LogP contribution in [-0.2, 0) is 6.54 Å². The fraction of sp³-hybridized carbons (Fsp3) is 0.391. The minimum atomic E-state index is -0.243. The first-order chi connectivity index (χ1) is 15.1. The van der Waals surface area contributed by atoms with Crippen molar-refractivity contribution in [2.75, 3.05) is 40.4 Å². The monoisotopic (exact) mass is 426 g/mol. The molecule has 0 amide bonds. The minimum absolute atomic E-state index is 0.0188. The number of rotatable bonds is 7. The number of halogens is 1. The molecule has 8 heteroatoms. The Morgan fingerprint density at radius 3 is 2.42 bits per heavy atom. The van der Waals surface area contributed by atoms with E-state index in [4.69, 9.17) is 13.9 Å². The summed E-state index contributed by atoms with van der Waals surface area (Å²) >= 11 is 0. The van der Waals surface area contributed by atoms with Crippen molar-refractivity contribution in [1.82, 2.24) is 20.0 Å². The van der Waals surface area contributed by atoms with Crippen molar-refractivity contribution < 1.29 is 18.3 Å². The Bertz CT molecular complexity index is 1000. The van der Waals surface area contributed by atoms with Gasteiger partial charge in [0.05, 0.1) is 20.3 Å². The van der Waals surface area contributed by atoms with Crippen LogP contribution < -0.4 is 9.47 Å². The Hall–Kier alpha value is -2.97. The molecule has 1 aromatic heterocycles. The van der Waals surface area contributed by atoms with Gasteiger partial charge in [-0.3, -0.25) is 9.80 Å². The third-order valence-electron chi connectivity index (χ3n) is 5.73. The summed E-state index contributed by atoms with van der Waals surface area (Å²) in [6, 6.07) is 12.2. The van der Waals surface area contributed by atoms with Gasteiger partial charge in [0, 0.05) is 43.9 Å². The van der Waals surface area contributed by atoms with Crippen molar-refractivity contribution in [1.29, 1.82) is 0 Å². The van der Waals surface area contributed by atoms with E-state index in [2.05, 4.69) is 26.9 Å². The second kappa shape index (κ2) is 9.45. The predicted molar refractivity (Wildman–Crippen MR) is 115 cm³/mol. The molecule has 4 rings (SSSR count). The summed E-state index contributed by atoms with van der Waals surface area (Å²) in [5.74, 6) is 2.36. The molecular formula is C23H27FN4O3. The Labute approximate surface area is 181 Å². The van der Waals surface area contributed by atoms with Crippen LogP contribution in [0.4, 0.5) is 4.39 Å². The molecule has 164 valence electrons. The predicted octanol–water partition coefficient (Wildman–Crippen LogP) is 3.77. The van der Waals surface area contributed by atoms with Gasteiger partial charge in [0.15, 0.2) is 0 Å². The molecule has 7 nitrogen and oxygen atoms in total. The highest BCUT2D eigenvalue weighted by Gasteiger charge is 2.26. The SMILES string of the molecule is COc1ccc(-c2nnc([C@@H](C)N3CCN(Cc4cc(F)ccc4OC)CC3)o2)cc1. The average molecular weight is 426 g/mol. The normalized spacial score (nSPS) is 16.3. The lowest BCUT2D eigenvalue weighted by molar-refractivity contribution is 0.0871. The van der Waals surface area contributed by atoms with Crippen LogP contribution in [0, 0.1) is 5.82 Å². The number of ether oxygens (including phenoxy) is 2. The first-order valence-corrected chi connectivity index (χ1v) is 10.3. The smallest absolute Gasteiger partial charge is 0.247 e. The first kappa shape index (κ1) is 21.3. The zero-order valence-corrected chi connectivity index (χ0v) is 18.0. The van der Waals surface area contributed by atoms with Gasteiger partial charge in [-0.25, -0.2) is 4.39 Å². The third-order valence-corrected chi connectivity index (χ3v) is 5.73. The molecule has 31 heavy (non-hydrogen) atoms. The Morgan fingerprint density at radius 1 is 1.00 bits per heavy atom. The van der Waals surface area contributed by atoms with Crippen LogP contribution in [0.25, 0.3) is 11.5 Å². The molecule has 1 aliphatic rings. The lowest BCUT2D eigenvalue weighted by Gasteiger charge is -2.37. The van der Waals surface area contributed by atoms with Crippen molar-refractivity contribution in [3.05, 3.63) is 59.7 Å². The van der Waals surface area contributed by atoms with Crippen molar-refractivity contribution in [2.45, 2.75) is 19.5 Å². The van der Waals surface area contributed by atoms with Gasteiger partial charge in [-0.15, -0.1) is 10.2 Å². The van der Waals surface area contributed by atoms with E-state index in [1.54, 1.807) is 26.4 Å². The van der Waals surface area contributed by atoms with E-state index in [0.717, 1.165) is 43.1 Å². The molecule has 0 unspecified atom stereocenters. The van der Waals surface area contributed by atoms with Crippen LogP contribution in [0.15, 0.2) is 46.9 Å². The molecule has 1 aliphatic heterocycles. The van der Waals surface area contributed by atoms with E-state index in [1.165, 1.54) is 6.07 Å². The van der Waals surface area contributed by atoms with E-state index in [-0.39, 0.29) is 11.9 Å². The second-order valence-electron chi connectivity index (χ2n) is 7.62. The highest BCUT2D eigenvalue weighted by molar-refractivity contribution is 5.54. The highest BCUT2D eigenvalue weighted by Crippen LogP contribution is 2.27. The quantitative estimate of drug-likeness (QED) is 0.570. The van der Waals surface area contributed by atoms with Crippen molar-refractivity contribution in [2.24, 2.45) is 0 Å². The second-order valence-corrected chi connectivity index (χ2v) is 7.62. The molecule has 1 saturated heterocycles. The fourth-order valence-corrected chi connectivity index (χ4v) is 3.83. The molecule has 0 bridgehead atoms. The first-order valence-electron chi connectivity index (χ1n) is 10.3. The zero-order valence-electron chi connectivity index (χ0n) is 18.0. The number of benzene rings is 2. The van der Waals surface area contributed by atoms with E-state index in [9.17, 15) is 4.39 Å². The Kier molecular flexibility index (Phi) is 6.48. The van der Waals surface area contributed by atoms with Crippen molar-refractivity contribution in [3.63, 3.8) is 0 Å². The minimum Gasteiger partial charge on any atom is -0.497 e. The molecule has 0 radical (unpaired) electrons. The van der Waals surface area contributed by atoms with Crippen molar-refractivity contribution >= 4 is 0 Å². The lowest BCUT2D eigenvalue weighted by Crippen LogP contribution is -2.46. The molecular weight excluding hydrogens is 399 g/mol. The third kappa shape index (κ3) is 4.86. The summed E-state index contributed by atoms with van der Waals surface area (Å²) in [5.41, 5.74) is 1.73. The molecule has 0 aliphatic carbocycles. The highest BCUT2D eigenvalue weighted by atomic mass is 19.1. The van der Waals surface area contributed by atoms with E-state index >= 15 is 0 Å². The summed E-state index contributed by atoms with van der Waals surface area (Å²) in [4.78, 5) is 4.63. The van der Waals surface area contributed by atoms with Gasteiger partial charge in [-0.05, 0) is 49.4 Å². The maximum absolute atomic E-state index is 13.6. The van der Waals surface area contributed by atoms with E-state index < -0.39 is 0 Å². The van der Waals surface area contributed by atoms with Gasteiger partial charge in [0.25, 0.3) is 0 Å². The topological polar surface area (TPSA) is 63.9 Å². The number of methoxy groups -OCH3 is 2. The zero-order chi connectivity index (χ0) is 21.8. The summed E-state index contributed by atoms with van der Waals surface area (Å²) in [5, 5.41) is 8.48. The Balaban J connectivity index is 1.36. The molecule has 1 atom stereocenters. The maximum Gasteiger partial charge on any atom is 0.247 e. The summed E-state index contributed by atoms with van der Waals surface area (Å²) in [7, 11) is 3.25. The molecule has 0 N–H and O–H groups in total. The van der Waals surface area contributed by atoms with Crippen LogP contribution in [0.2, 0.25) is 0 Å².